The van der Waals surface area contributed by atoms with Gasteiger partial charge in [-0.05, 0) is 73.4 Å². The summed E-state index contributed by atoms with van der Waals surface area (Å²) in [5, 5.41) is 2.76. The molecule has 8 heteroatoms. The minimum atomic E-state index is -3.98. The zero-order valence-electron chi connectivity index (χ0n) is 22.2. The van der Waals surface area contributed by atoms with E-state index in [1.54, 1.807) is 48.5 Å². The molecule has 0 aromatic heterocycles. The van der Waals surface area contributed by atoms with Gasteiger partial charge in [-0.15, -0.1) is 0 Å². The summed E-state index contributed by atoms with van der Waals surface area (Å²) < 4.78 is 39.3. The summed E-state index contributed by atoms with van der Waals surface area (Å²) >= 11 is 0. The molecule has 1 amide bonds. The first kappa shape index (κ1) is 28.1. The molecule has 3 aromatic rings. The number of nitrogens with zero attached hydrogens (tertiary/aromatic N) is 1. The molecule has 0 atom stereocenters. The molecule has 1 N–H and O–H groups in total. The second kappa shape index (κ2) is 12.1. The number of carbonyl (C=O) groups excluding carboxylic acids is 1. The van der Waals surface area contributed by atoms with Crippen molar-refractivity contribution in [3.05, 3.63) is 83.9 Å². The number of carbonyl (C=O) groups is 1. The normalized spacial score (nSPS) is 11.6. The average molecular weight is 525 g/mol. The lowest BCUT2D eigenvalue weighted by Crippen LogP contribution is -2.41. The minimum Gasteiger partial charge on any atom is -0.494 e. The summed E-state index contributed by atoms with van der Waals surface area (Å²) in [7, 11) is -3.98. The van der Waals surface area contributed by atoms with Crippen LogP contribution in [0.4, 0.5) is 5.69 Å². The molecule has 3 aromatic carbocycles. The van der Waals surface area contributed by atoms with Crippen LogP contribution < -0.4 is 19.1 Å². The number of hydrogen-bond acceptors (Lipinski definition) is 5. The summed E-state index contributed by atoms with van der Waals surface area (Å²) in [4.78, 5) is 12.9. The Morgan fingerprint density at radius 2 is 1.43 bits per heavy atom. The van der Waals surface area contributed by atoms with Gasteiger partial charge in [0.1, 0.15) is 24.7 Å². The maximum atomic E-state index is 13.5. The van der Waals surface area contributed by atoms with Crippen molar-refractivity contribution in [2.75, 3.05) is 30.6 Å². The first-order chi connectivity index (χ1) is 17.5. The standard InChI is InChI=1S/C29H36N2O5S/c1-6-35-25-15-11-24(12-16-25)31(37(33,34)27-17-7-22(2)8-18-27)21-28(32)30-19-20-36-26-13-9-23(10-14-26)29(3,4)5/h7-18H,6,19-21H2,1-5H3,(H,30,32). The number of nitrogens with one attached hydrogen (secondary N) is 1. The van der Waals surface area contributed by atoms with Crippen LogP contribution in [0.3, 0.4) is 0 Å². The third-order valence-corrected chi connectivity index (χ3v) is 7.53. The fourth-order valence-electron chi connectivity index (χ4n) is 3.62. The van der Waals surface area contributed by atoms with Gasteiger partial charge in [0, 0.05) is 0 Å². The number of anilines is 1. The van der Waals surface area contributed by atoms with Gasteiger partial charge in [0.2, 0.25) is 5.91 Å². The molecule has 7 nitrogen and oxygen atoms in total. The van der Waals surface area contributed by atoms with Gasteiger partial charge in [-0.3, -0.25) is 9.10 Å². The Bertz CT molecular complexity index is 1260. The smallest absolute Gasteiger partial charge is 0.264 e. The molecule has 0 aliphatic rings. The van der Waals surface area contributed by atoms with Crippen LogP contribution in [-0.2, 0) is 20.2 Å². The predicted molar refractivity (Wildman–Crippen MR) is 147 cm³/mol. The average Bonchev–Trinajstić information content (AvgIpc) is 2.86. The number of amides is 1. The number of ether oxygens (including phenoxy) is 2. The van der Waals surface area contributed by atoms with Crippen LogP contribution in [0.15, 0.2) is 77.7 Å². The summed E-state index contributed by atoms with van der Waals surface area (Å²) in [6, 6.07) is 21.1. The van der Waals surface area contributed by atoms with Gasteiger partial charge in [-0.2, -0.15) is 0 Å². The van der Waals surface area contributed by atoms with Crippen LogP contribution in [0.1, 0.15) is 38.8 Å². The first-order valence-electron chi connectivity index (χ1n) is 12.3. The lowest BCUT2D eigenvalue weighted by Gasteiger charge is -2.24. The van der Waals surface area contributed by atoms with E-state index in [-0.39, 0.29) is 30.0 Å². The number of sulfonamides is 1. The summed E-state index contributed by atoms with van der Waals surface area (Å²) in [6.45, 7) is 10.8. The molecule has 0 fully saturated rings. The molecule has 0 unspecified atom stereocenters. The van der Waals surface area contributed by atoms with Crippen molar-refractivity contribution >= 4 is 21.6 Å². The fourth-order valence-corrected chi connectivity index (χ4v) is 5.05. The van der Waals surface area contributed by atoms with Crippen LogP contribution in [0.2, 0.25) is 0 Å². The Balaban J connectivity index is 1.67. The lowest BCUT2D eigenvalue weighted by atomic mass is 9.87. The zero-order valence-corrected chi connectivity index (χ0v) is 23.0. The Kier molecular flexibility index (Phi) is 9.21. The van der Waals surface area contributed by atoms with E-state index in [0.717, 1.165) is 9.87 Å². The van der Waals surface area contributed by atoms with Crippen molar-refractivity contribution in [3.63, 3.8) is 0 Å². The van der Waals surface area contributed by atoms with Crippen LogP contribution in [0.25, 0.3) is 0 Å². The maximum Gasteiger partial charge on any atom is 0.264 e. The molecule has 0 radical (unpaired) electrons. The molecule has 0 heterocycles. The second-order valence-electron chi connectivity index (χ2n) is 9.72. The van der Waals surface area contributed by atoms with Gasteiger partial charge in [-0.1, -0.05) is 50.6 Å². The van der Waals surface area contributed by atoms with Crippen molar-refractivity contribution in [1.82, 2.24) is 5.32 Å². The monoisotopic (exact) mass is 524 g/mol. The quantitative estimate of drug-likeness (QED) is 0.354. The topological polar surface area (TPSA) is 84.9 Å². The molecular formula is C29H36N2O5S. The Morgan fingerprint density at radius 1 is 0.865 bits per heavy atom. The number of rotatable bonds is 11. The molecular weight excluding hydrogens is 488 g/mol. The van der Waals surface area contributed by atoms with E-state index in [4.69, 9.17) is 9.47 Å². The summed E-state index contributed by atoms with van der Waals surface area (Å²) in [5.74, 6) is 0.896. The van der Waals surface area contributed by atoms with Gasteiger partial charge in [0.05, 0.1) is 23.7 Å². The third kappa shape index (κ3) is 7.73. The number of aryl methyl sites for hydroxylation is 1. The SMILES string of the molecule is CCOc1ccc(N(CC(=O)NCCOc2ccc(C(C)(C)C)cc2)S(=O)(=O)c2ccc(C)cc2)cc1. The van der Waals surface area contributed by atoms with E-state index in [0.29, 0.717) is 23.8 Å². The summed E-state index contributed by atoms with van der Waals surface area (Å²) in [6.07, 6.45) is 0. The van der Waals surface area contributed by atoms with Gasteiger partial charge in [0.25, 0.3) is 10.0 Å². The highest BCUT2D eigenvalue weighted by Crippen LogP contribution is 2.26. The van der Waals surface area contributed by atoms with Gasteiger partial charge in [-0.25, -0.2) is 8.42 Å². The maximum absolute atomic E-state index is 13.5. The van der Waals surface area contributed by atoms with E-state index in [2.05, 4.69) is 26.1 Å². The highest BCUT2D eigenvalue weighted by atomic mass is 32.2. The van der Waals surface area contributed by atoms with Crippen LogP contribution in [-0.4, -0.2) is 40.6 Å². The first-order valence-corrected chi connectivity index (χ1v) is 13.8. The molecule has 0 saturated carbocycles. The van der Waals surface area contributed by atoms with E-state index in [9.17, 15) is 13.2 Å². The Hall–Kier alpha value is -3.52. The molecule has 0 spiro atoms. The number of hydrogen-bond donors (Lipinski definition) is 1. The van der Waals surface area contributed by atoms with Gasteiger partial charge in [0.15, 0.2) is 0 Å². The van der Waals surface area contributed by atoms with E-state index >= 15 is 0 Å². The molecule has 0 saturated heterocycles. The van der Waals surface area contributed by atoms with Crippen molar-refractivity contribution in [1.29, 1.82) is 0 Å². The second-order valence-corrected chi connectivity index (χ2v) is 11.6. The van der Waals surface area contributed by atoms with Crippen molar-refractivity contribution in [2.24, 2.45) is 0 Å². The van der Waals surface area contributed by atoms with Crippen molar-refractivity contribution in [3.8, 4) is 11.5 Å². The highest BCUT2D eigenvalue weighted by molar-refractivity contribution is 7.92. The zero-order chi connectivity index (χ0) is 27.1. The molecule has 3 rings (SSSR count). The van der Waals surface area contributed by atoms with Crippen molar-refractivity contribution < 1.29 is 22.7 Å². The Labute approximate surface area is 220 Å². The highest BCUT2D eigenvalue weighted by Gasteiger charge is 2.27. The minimum absolute atomic E-state index is 0.0562. The Morgan fingerprint density at radius 3 is 2.00 bits per heavy atom. The van der Waals surface area contributed by atoms with Crippen LogP contribution in [0.5, 0.6) is 11.5 Å². The third-order valence-electron chi connectivity index (χ3n) is 5.75. The largest absolute Gasteiger partial charge is 0.494 e. The van der Waals surface area contributed by atoms with Gasteiger partial charge >= 0.3 is 0 Å². The van der Waals surface area contributed by atoms with E-state index in [1.165, 1.54) is 5.56 Å². The lowest BCUT2D eigenvalue weighted by molar-refractivity contribution is -0.119. The summed E-state index contributed by atoms with van der Waals surface area (Å²) in [5.41, 5.74) is 2.57. The molecule has 37 heavy (non-hydrogen) atoms. The molecule has 0 bridgehead atoms. The van der Waals surface area contributed by atoms with E-state index < -0.39 is 15.9 Å². The van der Waals surface area contributed by atoms with Crippen molar-refractivity contribution in [2.45, 2.75) is 44.9 Å². The van der Waals surface area contributed by atoms with E-state index in [1.807, 2.05) is 38.1 Å². The van der Waals surface area contributed by atoms with Crippen LogP contribution in [0, 0.1) is 6.92 Å². The van der Waals surface area contributed by atoms with Crippen LogP contribution >= 0.6 is 0 Å². The molecule has 0 aliphatic heterocycles. The van der Waals surface area contributed by atoms with Gasteiger partial charge < -0.3 is 14.8 Å². The molecule has 198 valence electrons. The molecule has 0 aliphatic carbocycles. The number of benzene rings is 3. The predicted octanol–water partition coefficient (Wildman–Crippen LogP) is 5.08. The fraction of sp³-hybridized carbons (Fsp3) is 0.345.